The molecule has 0 saturated carbocycles. The minimum atomic E-state index is -0.210. The molecule has 0 spiro atoms. The lowest BCUT2D eigenvalue weighted by Crippen LogP contribution is -2.26. The van der Waals surface area contributed by atoms with Crippen LogP contribution in [0, 0.1) is 0 Å². The zero-order valence-corrected chi connectivity index (χ0v) is 15.5. The van der Waals surface area contributed by atoms with Crippen LogP contribution in [0.2, 0.25) is 5.02 Å². The second-order valence-electron chi connectivity index (χ2n) is 5.86. The van der Waals surface area contributed by atoms with Crippen molar-refractivity contribution in [1.82, 2.24) is 30.4 Å². The van der Waals surface area contributed by atoms with Crippen LogP contribution in [0.1, 0.15) is 26.3 Å². The molecular weight excluding hydrogens is 368 g/mol. The molecular formula is C18H17ClN6O2. The molecule has 0 atom stereocenters. The Balaban J connectivity index is 1.72. The van der Waals surface area contributed by atoms with Gasteiger partial charge in [0.25, 0.3) is 11.8 Å². The molecule has 1 heterocycles. The van der Waals surface area contributed by atoms with Gasteiger partial charge in [0.05, 0.1) is 16.3 Å². The molecule has 0 aliphatic carbocycles. The minimum absolute atomic E-state index is 0.152. The lowest BCUT2D eigenvalue weighted by Gasteiger charge is -2.18. The van der Waals surface area contributed by atoms with Crippen LogP contribution in [0.15, 0.2) is 48.8 Å². The van der Waals surface area contributed by atoms with Crippen molar-refractivity contribution >= 4 is 23.4 Å². The highest BCUT2D eigenvalue weighted by molar-refractivity contribution is 6.34. The smallest absolute Gasteiger partial charge is 0.255 e. The van der Waals surface area contributed by atoms with Crippen LogP contribution in [-0.4, -0.2) is 51.0 Å². The number of carbonyl (C=O) groups is 2. The number of hydrogen-bond acceptors (Lipinski definition) is 5. The van der Waals surface area contributed by atoms with Gasteiger partial charge in [0.15, 0.2) is 0 Å². The molecule has 2 amide bonds. The first-order valence-electron chi connectivity index (χ1n) is 8.09. The fraction of sp³-hybridized carbons (Fsp3) is 0.167. The van der Waals surface area contributed by atoms with Gasteiger partial charge in [-0.05, 0) is 46.3 Å². The monoisotopic (exact) mass is 384 g/mol. The summed E-state index contributed by atoms with van der Waals surface area (Å²) in [5.74, 6) is -0.362. The van der Waals surface area contributed by atoms with Crippen molar-refractivity contribution in [2.75, 3.05) is 14.1 Å². The summed E-state index contributed by atoms with van der Waals surface area (Å²) in [6, 6.07) is 12.1. The molecule has 9 heteroatoms. The van der Waals surface area contributed by atoms with E-state index in [0.29, 0.717) is 28.4 Å². The quantitative estimate of drug-likeness (QED) is 0.725. The fourth-order valence-electron chi connectivity index (χ4n) is 2.56. The Morgan fingerprint density at radius 2 is 1.93 bits per heavy atom. The number of benzene rings is 2. The van der Waals surface area contributed by atoms with Crippen LogP contribution < -0.4 is 5.32 Å². The highest BCUT2D eigenvalue weighted by atomic mass is 35.5. The minimum Gasteiger partial charge on any atom is -0.355 e. The van der Waals surface area contributed by atoms with Gasteiger partial charge in [0.1, 0.15) is 6.33 Å². The maximum absolute atomic E-state index is 12.7. The maximum Gasteiger partial charge on any atom is 0.255 e. The Labute approximate surface area is 160 Å². The first kappa shape index (κ1) is 18.5. The topological polar surface area (TPSA) is 93.0 Å². The number of aromatic nitrogens is 4. The van der Waals surface area contributed by atoms with E-state index in [4.69, 9.17) is 11.6 Å². The largest absolute Gasteiger partial charge is 0.355 e. The molecule has 0 fully saturated rings. The summed E-state index contributed by atoms with van der Waals surface area (Å²) < 4.78 is 1.46. The molecule has 3 aromatic rings. The van der Waals surface area contributed by atoms with Gasteiger partial charge in [-0.15, -0.1) is 5.10 Å². The summed E-state index contributed by atoms with van der Waals surface area (Å²) >= 11 is 6.29. The summed E-state index contributed by atoms with van der Waals surface area (Å²) in [6.45, 7) is 0.387. The highest BCUT2D eigenvalue weighted by Crippen LogP contribution is 2.21. The molecule has 0 aliphatic rings. The van der Waals surface area contributed by atoms with Crippen LogP contribution >= 0.6 is 11.6 Å². The van der Waals surface area contributed by atoms with Gasteiger partial charge in [-0.2, -0.15) is 0 Å². The van der Waals surface area contributed by atoms with Gasteiger partial charge < -0.3 is 10.2 Å². The standard InChI is InChI=1S/C18H17ClN6O2/c1-20-17(26)13-5-3-12(4-6-13)10-24(2)18(27)15-8-7-14(9-16(15)19)25-11-21-22-23-25/h3-9,11H,10H2,1-2H3,(H,20,26). The molecule has 138 valence electrons. The van der Waals surface area contributed by atoms with E-state index in [9.17, 15) is 9.59 Å². The SMILES string of the molecule is CNC(=O)c1ccc(CN(C)C(=O)c2ccc(-n3cnnn3)cc2Cl)cc1. The van der Waals surface area contributed by atoms with Crippen molar-refractivity contribution in [3.8, 4) is 5.69 Å². The lowest BCUT2D eigenvalue weighted by molar-refractivity contribution is 0.0785. The van der Waals surface area contributed by atoms with Crippen molar-refractivity contribution in [2.45, 2.75) is 6.54 Å². The molecule has 1 aromatic heterocycles. The van der Waals surface area contributed by atoms with Gasteiger partial charge in [0.2, 0.25) is 0 Å². The molecule has 0 saturated heterocycles. The summed E-state index contributed by atoms with van der Waals surface area (Å²) in [4.78, 5) is 25.9. The Hall–Kier alpha value is -3.26. The van der Waals surface area contributed by atoms with Gasteiger partial charge in [-0.1, -0.05) is 23.7 Å². The molecule has 27 heavy (non-hydrogen) atoms. The van der Waals surface area contributed by atoms with Gasteiger partial charge in [-0.25, -0.2) is 4.68 Å². The van der Waals surface area contributed by atoms with E-state index in [-0.39, 0.29) is 11.8 Å². The van der Waals surface area contributed by atoms with E-state index in [0.717, 1.165) is 5.56 Å². The molecule has 1 N–H and O–H groups in total. The number of amides is 2. The summed E-state index contributed by atoms with van der Waals surface area (Å²) in [5.41, 5.74) is 2.52. The number of hydrogen-bond donors (Lipinski definition) is 1. The average Bonchev–Trinajstić information content (AvgIpc) is 3.22. The zero-order valence-electron chi connectivity index (χ0n) is 14.8. The van der Waals surface area contributed by atoms with Crippen molar-refractivity contribution < 1.29 is 9.59 Å². The molecule has 8 nitrogen and oxygen atoms in total. The Morgan fingerprint density at radius 1 is 1.19 bits per heavy atom. The molecule has 0 aliphatic heterocycles. The summed E-state index contributed by atoms with van der Waals surface area (Å²) in [6.07, 6.45) is 1.45. The van der Waals surface area contributed by atoms with Gasteiger partial charge >= 0.3 is 0 Å². The van der Waals surface area contributed by atoms with Crippen LogP contribution in [0.5, 0.6) is 0 Å². The number of rotatable bonds is 5. The van der Waals surface area contributed by atoms with Crippen molar-refractivity contribution in [3.63, 3.8) is 0 Å². The van der Waals surface area contributed by atoms with Gasteiger partial charge in [0, 0.05) is 26.2 Å². The number of carbonyl (C=O) groups excluding carboxylic acids is 2. The fourth-order valence-corrected chi connectivity index (χ4v) is 2.81. The second kappa shape index (κ2) is 7.96. The predicted molar refractivity (Wildman–Crippen MR) is 99.8 cm³/mol. The van der Waals surface area contributed by atoms with Crippen molar-refractivity contribution in [3.05, 3.63) is 70.5 Å². The Kier molecular flexibility index (Phi) is 5.46. The van der Waals surface area contributed by atoms with E-state index >= 15 is 0 Å². The van der Waals surface area contributed by atoms with Crippen molar-refractivity contribution in [2.24, 2.45) is 0 Å². The van der Waals surface area contributed by atoms with E-state index in [1.165, 1.54) is 11.0 Å². The number of nitrogens with one attached hydrogen (secondary N) is 1. The number of nitrogens with zero attached hydrogens (tertiary/aromatic N) is 5. The zero-order chi connectivity index (χ0) is 19.4. The van der Waals surface area contributed by atoms with Crippen LogP contribution in [-0.2, 0) is 6.54 Å². The maximum atomic E-state index is 12.7. The summed E-state index contributed by atoms with van der Waals surface area (Å²) in [5, 5.41) is 13.8. The van der Waals surface area contributed by atoms with Crippen LogP contribution in [0.4, 0.5) is 0 Å². The number of tetrazole rings is 1. The first-order valence-corrected chi connectivity index (χ1v) is 8.47. The van der Waals surface area contributed by atoms with Crippen LogP contribution in [0.3, 0.4) is 0 Å². The number of halogens is 1. The first-order chi connectivity index (χ1) is 13.0. The third-order valence-electron chi connectivity index (χ3n) is 4.01. The Morgan fingerprint density at radius 3 is 2.52 bits per heavy atom. The third kappa shape index (κ3) is 4.12. The van der Waals surface area contributed by atoms with E-state index in [1.807, 2.05) is 12.1 Å². The summed E-state index contributed by atoms with van der Waals surface area (Å²) in [7, 11) is 3.28. The van der Waals surface area contributed by atoms with Crippen LogP contribution in [0.25, 0.3) is 5.69 Å². The molecule has 0 unspecified atom stereocenters. The lowest BCUT2D eigenvalue weighted by atomic mass is 10.1. The average molecular weight is 385 g/mol. The highest BCUT2D eigenvalue weighted by Gasteiger charge is 2.16. The van der Waals surface area contributed by atoms with E-state index in [2.05, 4.69) is 20.8 Å². The molecule has 2 aromatic carbocycles. The van der Waals surface area contributed by atoms with E-state index in [1.54, 1.807) is 49.3 Å². The molecule has 0 radical (unpaired) electrons. The molecule has 0 bridgehead atoms. The third-order valence-corrected chi connectivity index (χ3v) is 4.32. The predicted octanol–water partition coefficient (Wildman–Crippen LogP) is 1.95. The van der Waals surface area contributed by atoms with Gasteiger partial charge in [-0.3, -0.25) is 9.59 Å². The van der Waals surface area contributed by atoms with Crippen molar-refractivity contribution in [1.29, 1.82) is 0 Å². The second-order valence-corrected chi connectivity index (χ2v) is 6.26. The molecule has 3 rings (SSSR count). The van der Waals surface area contributed by atoms with E-state index < -0.39 is 0 Å². The Bertz CT molecular complexity index is 956. The normalized spacial score (nSPS) is 10.5.